The SMILES string of the molecule is CC1(C)c2ccccc2-c2ccc(N(c3ccccc3)c3ccc4c(c3)C3(c5ccccc5-c5ccccc53)c3ccccc3C43C4CC5CC(C4)CC3C5)cc21. The summed E-state index contributed by atoms with van der Waals surface area (Å²) in [6.45, 7) is 4.79. The van der Waals surface area contributed by atoms with Crippen molar-refractivity contribution in [1.29, 1.82) is 0 Å². The molecule has 4 bridgehead atoms. The first kappa shape index (κ1) is 32.4. The number of benzene rings is 7. The number of rotatable bonds is 3. The van der Waals surface area contributed by atoms with Gasteiger partial charge in [-0.1, -0.05) is 141 Å². The lowest BCUT2D eigenvalue weighted by Gasteiger charge is -2.65. The Morgan fingerprint density at radius 2 is 0.825 bits per heavy atom. The second-order valence-corrected chi connectivity index (χ2v) is 18.9. The summed E-state index contributed by atoms with van der Waals surface area (Å²) in [5.41, 5.74) is 20.5. The molecule has 7 aromatic rings. The van der Waals surface area contributed by atoms with Crippen molar-refractivity contribution < 1.29 is 0 Å². The molecule has 1 nitrogen and oxygen atoms in total. The topological polar surface area (TPSA) is 3.24 Å². The van der Waals surface area contributed by atoms with E-state index in [1.54, 1.807) is 11.1 Å². The van der Waals surface area contributed by atoms with Gasteiger partial charge in [0.1, 0.15) is 0 Å². The third kappa shape index (κ3) is 3.96. The average Bonchev–Trinajstić information content (AvgIpc) is 3.67. The van der Waals surface area contributed by atoms with Crippen molar-refractivity contribution in [1.82, 2.24) is 0 Å². The largest absolute Gasteiger partial charge is 0.310 e. The highest BCUT2D eigenvalue weighted by molar-refractivity contribution is 5.91. The molecule has 0 amide bonds. The Kier molecular flexibility index (Phi) is 6.40. The Labute approximate surface area is 337 Å². The van der Waals surface area contributed by atoms with Gasteiger partial charge in [0, 0.05) is 27.9 Å². The van der Waals surface area contributed by atoms with Crippen molar-refractivity contribution in [2.45, 2.75) is 62.2 Å². The highest BCUT2D eigenvalue weighted by Gasteiger charge is 2.64. The zero-order chi connectivity index (χ0) is 37.7. The lowest BCUT2D eigenvalue weighted by atomic mass is 9.38. The van der Waals surface area contributed by atoms with Crippen molar-refractivity contribution in [3.63, 3.8) is 0 Å². The molecule has 276 valence electrons. The summed E-state index contributed by atoms with van der Waals surface area (Å²) in [5, 5.41) is 0. The molecule has 4 fully saturated rings. The molecule has 1 heteroatoms. The Bertz CT molecular complexity index is 2730. The maximum absolute atomic E-state index is 2.66. The van der Waals surface area contributed by atoms with Crippen LogP contribution in [0.15, 0.2) is 164 Å². The van der Waals surface area contributed by atoms with Crippen molar-refractivity contribution in [2.75, 3.05) is 4.90 Å². The summed E-state index contributed by atoms with van der Waals surface area (Å²) in [6, 6.07) is 63.7. The van der Waals surface area contributed by atoms with Crippen LogP contribution in [-0.2, 0) is 16.2 Å². The number of para-hydroxylation sites is 1. The highest BCUT2D eigenvalue weighted by Crippen LogP contribution is 2.71. The van der Waals surface area contributed by atoms with E-state index < -0.39 is 5.41 Å². The monoisotopic (exact) mass is 733 g/mol. The second-order valence-electron chi connectivity index (χ2n) is 18.9. The summed E-state index contributed by atoms with van der Waals surface area (Å²) in [5.74, 6) is 3.13. The van der Waals surface area contributed by atoms with E-state index in [2.05, 4.69) is 183 Å². The predicted molar refractivity (Wildman–Crippen MR) is 234 cm³/mol. The molecule has 0 radical (unpaired) electrons. The zero-order valence-corrected chi connectivity index (χ0v) is 32.9. The van der Waals surface area contributed by atoms with Gasteiger partial charge in [0.05, 0.1) is 5.41 Å². The van der Waals surface area contributed by atoms with Gasteiger partial charge in [-0.15, -0.1) is 0 Å². The van der Waals surface area contributed by atoms with Gasteiger partial charge >= 0.3 is 0 Å². The molecule has 0 aliphatic heterocycles. The normalized spacial score (nSPS) is 25.4. The number of hydrogen-bond acceptors (Lipinski definition) is 1. The van der Waals surface area contributed by atoms with Crippen LogP contribution in [0.25, 0.3) is 22.3 Å². The fraction of sp³-hybridized carbons (Fsp3) is 0.250. The quantitative estimate of drug-likeness (QED) is 0.175. The number of nitrogens with zero attached hydrogens (tertiary/aromatic N) is 1. The van der Waals surface area contributed by atoms with Crippen LogP contribution < -0.4 is 4.90 Å². The first-order valence-electron chi connectivity index (χ1n) is 21.5. The minimum Gasteiger partial charge on any atom is -0.310 e. The molecule has 14 rings (SSSR count). The number of hydrogen-bond donors (Lipinski definition) is 0. The smallest absolute Gasteiger partial charge is 0.0720 e. The van der Waals surface area contributed by atoms with Crippen LogP contribution in [0, 0.1) is 23.7 Å². The van der Waals surface area contributed by atoms with Gasteiger partial charge < -0.3 is 4.90 Å². The van der Waals surface area contributed by atoms with Gasteiger partial charge in [-0.05, 0) is 159 Å². The molecule has 7 aliphatic rings. The van der Waals surface area contributed by atoms with Crippen LogP contribution in [0.3, 0.4) is 0 Å². The van der Waals surface area contributed by atoms with Crippen molar-refractivity contribution in [2.24, 2.45) is 23.7 Å². The summed E-state index contributed by atoms with van der Waals surface area (Å²) < 4.78 is 0. The Morgan fingerprint density at radius 3 is 1.46 bits per heavy atom. The van der Waals surface area contributed by atoms with E-state index in [0.717, 1.165) is 11.8 Å². The van der Waals surface area contributed by atoms with E-state index in [4.69, 9.17) is 0 Å². The first-order valence-corrected chi connectivity index (χ1v) is 21.5. The number of anilines is 3. The predicted octanol–water partition coefficient (Wildman–Crippen LogP) is 13.9. The molecule has 0 aromatic heterocycles. The number of fused-ring (bicyclic) bond motifs is 12. The molecule has 0 heterocycles. The van der Waals surface area contributed by atoms with Crippen LogP contribution in [0.5, 0.6) is 0 Å². The molecule has 0 unspecified atom stereocenters. The van der Waals surface area contributed by atoms with Crippen LogP contribution in [0.2, 0.25) is 0 Å². The minimum absolute atomic E-state index is 0.0244. The molecule has 0 N–H and O–H groups in total. The van der Waals surface area contributed by atoms with E-state index in [1.807, 2.05) is 0 Å². The van der Waals surface area contributed by atoms with Gasteiger partial charge in [0.25, 0.3) is 0 Å². The Balaban J connectivity index is 1.11. The van der Waals surface area contributed by atoms with Crippen molar-refractivity contribution >= 4 is 17.1 Å². The second kappa shape index (κ2) is 11.3. The van der Waals surface area contributed by atoms with Crippen LogP contribution in [0.1, 0.15) is 90.5 Å². The average molecular weight is 734 g/mol. The third-order valence-corrected chi connectivity index (χ3v) is 16.1. The van der Waals surface area contributed by atoms with Crippen LogP contribution in [-0.4, -0.2) is 0 Å². The Morgan fingerprint density at radius 1 is 0.368 bits per heavy atom. The van der Waals surface area contributed by atoms with E-state index in [9.17, 15) is 0 Å². The molecular weight excluding hydrogens is 687 g/mol. The van der Waals surface area contributed by atoms with Gasteiger partial charge in [-0.2, -0.15) is 0 Å². The fourth-order valence-corrected chi connectivity index (χ4v) is 14.3. The minimum atomic E-state index is -0.418. The fourth-order valence-electron chi connectivity index (χ4n) is 14.3. The van der Waals surface area contributed by atoms with Crippen LogP contribution in [0.4, 0.5) is 17.1 Å². The van der Waals surface area contributed by atoms with Crippen LogP contribution >= 0.6 is 0 Å². The lowest BCUT2D eigenvalue weighted by molar-refractivity contribution is -0.0440. The molecule has 2 spiro atoms. The van der Waals surface area contributed by atoms with Gasteiger partial charge in [0.2, 0.25) is 0 Å². The summed E-state index contributed by atoms with van der Waals surface area (Å²) in [7, 11) is 0. The molecule has 57 heavy (non-hydrogen) atoms. The molecule has 7 aliphatic carbocycles. The standard InChI is InChI=1S/C56H47N/c1-54(2)46-19-9-6-16-42(46)45-26-24-40(33-52(45)54)57(39-14-4-3-5-15-39)41-25-27-51-53(34-41)56(47-20-10-7-17-43(47)44-18-8-11-21-48(44)56)50-23-13-12-22-49(50)55(51)37-29-35-28-36(31-37)32-38(55)30-35/h3-27,33-38H,28-32H2,1-2H3. The van der Waals surface area contributed by atoms with E-state index >= 15 is 0 Å². The molecule has 4 saturated carbocycles. The lowest BCUT2D eigenvalue weighted by Crippen LogP contribution is -2.59. The molecule has 0 saturated heterocycles. The van der Waals surface area contributed by atoms with Gasteiger partial charge in [-0.25, -0.2) is 0 Å². The van der Waals surface area contributed by atoms with E-state index in [-0.39, 0.29) is 10.8 Å². The first-order chi connectivity index (χ1) is 28.0. The zero-order valence-electron chi connectivity index (χ0n) is 32.9. The molecule has 0 atom stereocenters. The summed E-state index contributed by atoms with van der Waals surface area (Å²) in [6.07, 6.45) is 6.92. The van der Waals surface area contributed by atoms with Gasteiger partial charge in [0.15, 0.2) is 0 Å². The van der Waals surface area contributed by atoms with E-state index in [1.165, 1.54) is 105 Å². The Hall–Kier alpha value is -5.66. The molecule has 7 aromatic carbocycles. The van der Waals surface area contributed by atoms with Gasteiger partial charge in [-0.3, -0.25) is 0 Å². The maximum Gasteiger partial charge on any atom is 0.0720 e. The summed E-state index contributed by atoms with van der Waals surface area (Å²) >= 11 is 0. The third-order valence-electron chi connectivity index (χ3n) is 16.1. The maximum atomic E-state index is 2.66. The highest BCUT2D eigenvalue weighted by atomic mass is 15.1. The van der Waals surface area contributed by atoms with E-state index in [0.29, 0.717) is 11.8 Å². The van der Waals surface area contributed by atoms with Crippen molar-refractivity contribution in [3.8, 4) is 22.3 Å². The van der Waals surface area contributed by atoms with Crippen molar-refractivity contribution in [3.05, 3.63) is 208 Å². The summed E-state index contributed by atoms with van der Waals surface area (Å²) in [4.78, 5) is 2.55. The molecular formula is C56H47N.